The van der Waals surface area contributed by atoms with Crippen molar-refractivity contribution in [1.82, 2.24) is 14.8 Å². The average molecular weight is 229 g/mol. The minimum Gasteiger partial charge on any atom is -0.357 e. The molecule has 2 heterocycles. The second-order valence-electron chi connectivity index (χ2n) is 5.19. The Hall–Kier alpha value is -1.32. The quantitative estimate of drug-likeness (QED) is 0.868. The zero-order valence-electron chi connectivity index (χ0n) is 10.5. The average Bonchev–Trinajstić information content (AvgIpc) is 2.64. The maximum Gasteiger partial charge on any atom is 0.0456 e. The first kappa shape index (κ1) is 10.8. The predicted octanol–water partition coefficient (Wildman–Crippen LogP) is 1.91. The molecule has 17 heavy (non-hydrogen) atoms. The Balaban J connectivity index is 1.66. The van der Waals surface area contributed by atoms with E-state index in [0.717, 1.165) is 12.6 Å². The van der Waals surface area contributed by atoms with E-state index in [1.54, 1.807) is 0 Å². The molecule has 0 aliphatic carbocycles. The van der Waals surface area contributed by atoms with Gasteiger partial charge in [-0.25, -0.2) is 0 Å². The van der Waals surface area contributed by atoms with Gasteiger partial charge in [0.05, 0.1) is 0 Å². The van der Waals surface area contributed by atoms with Gasteiger partial charge in [-0.2, -0.15) is 0 Å². The molecular formula is C14H19N3. The summed E-state index contributed by atoms with van der Waals surface area (Å²) in [4.78, 5) is 8.27. The van der Waals surface area contributed by atoms with E-state index in [1.807, 2.05) is 0 Å². The molecule has 1 N–H and O–H groups in total. The van der Waals surface area contributed by atoms with Crippen LogP contribution in [0.2, 0.25) is 0 Å². The molecule has 90 valence electrons. The van der Waals surface area contributed by atoms with Gasteiger partial charge < -0.3 is 9.88 Å². The van der Waals surface area contributed by atoms with Gasteiger partial charge in [0, 0.05) is 36.9 Å². The first-order valence-electron chi connectivity index (χ1n) is 6.18. The molecule has 3 heteroatoms. The highest BCUT2D eigenvalue weighted by atomic mass is 15.3. The van der Waals surface area contributed by atoms with Crippen molar-refractivity contribution >= 4 is 10.9 Å². The summed E-state index contributed by atoms with van der Waals surface area (Å²) in [5, 5.41) is 1.31. The van der Waals surface area contributed by atoms with E-state index in [0.29, 0.717) is 0 Å². The van der Waals surface area contributed by atoms with Gasteiger partial charge in [0.25, 0.3) is 0 Å². The summed E-state index contributed by atoms with van der Waals surface area (Å²) < 4.78 is 0. The molecule has 2 aromatic rings. The molecule has 1 aliphatic heterocycles. The molecule has 0 amide bonds. The van der Waals surface area contributed by atoms with Crippen molar-refractivity contribution in [2.24, 2.45) is 0 Å². The summed E-state index contributed by atoms with van der Waals surface area (Å²) in [6.07, 6.45) is 0. The number of likely N-dealkylation sites (N-methyl/N-ethyl adjacent to an activating group) is 1. The molecule has 1 aromatic heterocycles. The summed E-state index contributed by atoms with van der Waals surface area (Å²) in [5.41, 5.74) is 2.57. The Morgan fingerprint density at radius 3 is 2.76 bits per heavy atom. The number of aromatic amines is 1. The van der Waals surface area contributed by atoms with E-state index in [4.69, 9.17) is 0 Å². The van der Waals surface area contributed by atoms with Crippen molar-refractivity contribution in [3.05, 3.63) is 36.0 Å². The highest BCUT2D eigenvalue weighted by Gasteiger charge is 2.28. The summed E-state index contributed by atoms with van der Waals surface area (Å²) >= 11 is 0. The number of H-pyrrole nitrogens is 1. The number of nitrogens with one attached hydrogen (secondary N) is 1. The lowest BCUT2D eigenvalue weighted by Gasteiger charge is -2.42. The molecule has 1 aromatic carbocycles. The third-order valence-corrected chi connectivity index (χ3v) is 3.65. The third-order valence-electron chi connectivity index (χ3n) is 3.65. The normalized spacial score (nSPS) is 17.8. The Morgan fingerprint density at radius 2 is 2.06 bits per heavy atom. The lowest BCUT2D eigenvalue weighted by molar-refractivity contribution is 0.0565. The zero-order chi connectivity index (χ0) is 11.8. The van der Waals surface area contributed by atoms with E-state index < -0.39 is 0 Å². The van der Waals surface area contributed by atoms with Gasteiger partial charge in [-0.1, -0.05) is 18.2 Å². The van der Waals surface area contributed by atoms with E-state index in [-0.39, 0.29) is 0 Å². The Kier molecular flexibility index (Phi) is 2.65. The van der Waals surface area contributed by atoms with Gasteiger partial charge in [0.15, 0.2) is 0 Å². The molecule has 0 spiro atoms. The number of hydrogen-bond acceptors (Lipinski definition) is 2. The number of hydrogen-bond donors (Lipinski definition) is 1. The predicted molar refractivity (Wildman–Crippen MR) is 71.1 cm³/mol. The molecule has 1 saturated heterocycles. The number of rotatable bonds is 3. The first-order valence-corrected chi connectivity index (χ1v) is 6.18. The lowest BCUT2D eigenvalue weighted by atomic mass is 10.1. The van der Waals surface area contributed by atoms with E-state index >= 15 is 0 Å². The smallest absolute Gasteiger partial charge is 0.0456 e. The van der Waals surface area contributed by atoms with Crippen LogP contribution in [0.4, 0.5) is 0 Å². The number of benzene rings is 1. The number of para-hydroxylation sites is 1. The number of nitrogens with zero attached hydrogens (tertiary/aromatic N) is 2. The molecule has 3 nitrogen and oxygen atoms in total. The van der Waals surface area contributed by atoms with Gasteiger partial charge in [-0.3, -0.25) is 4.90 Å². The van der Waals surface area contributed by atoms with Crippen LogP contribution in [0.1, 0.15) is 5.69 Å². The highest BCUT2D eigenvalue weighted by Crippen LogP contribution is 2.19. The first-order chi connectivity index (χ1) is 8.22. The molecule has 0 atom stereocenters. The van der Waals surface area contributed by atoms with Gasteiger partial charge in [-0.15, -0.1) is 0 Å². The monoisotopic (exact) mass is 229 g/mol. The van der Waals surface area contributed by atoms with Crippen molar-refractivity contribution in [3.8, 4) is 0 Å². The summed E-state index contributed by atoms with van der Waals surface area (Å²) in [5.74, 6) is 0. The Bertz CT molecular complexity index is 476. The van der Waals surface area contributed by atoms with Crippen molar-refractivity contribution in [1.29, 1.82) is 0 Å². The number of aromatic nitrogens is 1. The van der Waals surface area contributed by atoms with Gasteiger partial charge >= 0.3 is 0 Å². The van der Waals surface area contributed by atoms with Crippen molar-refractivity contribution in [2.45, 2.75) is 12.6 Å². The summed E-state index contributed by atoms with van der Waals surface area (Å²) in [6.45, 7) is 3.41. The van der Waals surface area contributed by atoms with Crippen LogP contribution in [0, 0.1) is 0 Å². The molecule has 0 unspecified atom stereocenters. The molecule has 1 aliphatic rings. The minimum absolute atomic E-state index is 0.736. The van der Waals surface area contributed by atoms with Crippen LogP contribution < -0.4 is 0 Å². The van der Waals surface area contributed by atoms with Crippen LogP contribution in [0.15, 0.2) is 30.3 Å². The fraction of sp³-hybridized carbons (Fsp3) is 0.429. The van der Waals surface area contributed by atoms with Crippen LogP contribution in [-0.2, 0) is 6.54 Å². The SMILES string of the molecule is CN(C)C1CN(Cc2cc3ccccc3[nH]2)C1. The summed E-state index contributed by atoms with van der Waals surface area (Å²) in [6, 6.07) is 11.5. The zero-order valence-corrected chi connectivity index (χ0v) is 10.5. The molecule has 0 bridgehead atoms. The third kappa shape index (κ3) is 2.08. The van der Waals surface area contributed by atoms with Crippen LogP contribution in [0.25, 0.3) is 10.9 Å². The fourth-order valence-electron chi connectivity index (χ4n) is 2.46. The summed E-state index contributed by atoms with van der Waals surface area (Å²) in [7, 11) is 4.32. The number of fused-ring (bicyclic) bond motifs is 1. The van der Waals surface area contributed by atoms with Crippen LogP contribution in [-0.4, -0.2) is 48.0 Å². The van der Waals surface area contributed by atoms with Gasteiger partial charge in [-0.05, 0) is 31.6 Å². The molecule has 3 rings (SSSR count). The van der Waals surface area contributed by atoms with Crippen molar-refractivity contribution < 1.29 is 0 Å². The molecule has 0 saturated carbocycles. The van der Waals surface area contributed by atoms with E-state index in [9.17, 15) is 0 Å². The largest absolute Gasteiger partial charge is 0.357 e. The Morgan fingerprint density at radius 1 is 1.29 bits per heavy atom. The van der Waals surface area contributed by atoms with Crippen LogP contribution in [0.5, 0.6) is 0 Å². The second-order valence-corrected chi connectivity index (χ2v) is 5.19. The molecule has 1 fully saturated rings. The maximum atomic E-state index is 3.48. The Labute approximate surface area is 102 Å². The highest BCUT2D eigenvalue weighted by molar-refractivity contribution is 5.80. The minimum atomic E-state index is 0.736. The van der Waals surface area contributed by atoms with Gasteiger partial charge in [0.2, 0.25) is 0 Å². The maximum absolute atomic E-state index is 3.48. The second kappa shape index (κ2) is 4.17. The fourth-order valence-corrected chi connectivity index (χ4v) is 2.46. The topological polar surface area (TPSA) is 22.3 Å². The van der Waals surface area contributed by atoms with Crippen molar-refractivity contribution in [2.75, 3.05) is 27.2 Å². The number of likely N-dealkylation sites (tertiary alicyclic amines) is 1. The van der Waals surface area contributed by atoms with Crippen LogP contribution >= 0.6 is 0 Å². The van der Waals surface area contributed by atoms with Crippen molar-refractivity contribution in [3.63, 3.8) is 0 Å². The van der Waals surface area contributed by atoms with E-state index in [2.05, 4.69) is 59.2 Å². The van der Waals surface area contributed by atoms with E-state index in [1.165, 1.54) is 29.7 Å². The standard InChI is InChI=1S/C14H19N3/c1-16(2)13-9-17(10-13)8-12-7-11-5-3-4-6-14(11)15-12/h3-7,13,15H,8-10H2,1-2H3. The molecular weight excluding hydrogens is 210 g/mol. The molecule has 0 radical (unpaired) electrons. The van der Waals surface area contributed by atoms with Crippen LogP contribution in [0.3, 0.4) is 0 Å². The van der Waals surface area contributed by atoms with Gasteiger partial charge in [0.1, 0.15) is 0 Å². The lowest BCUT2D eigenvalue weighted by Crippen LogP contribution is -2.56.